The number of hydrogen-bond acceptors (Lipinski definition) is 4. The van der Waals surface area contributed by atoms with Crippen LogP contribution in [-0.4, -0.2) is 44.2 Å². The molecule has 2 aliphatic rings. The van der Waals surface area contributed by atoms with Crippen LogP contribution in [0, 0.1) is 12.8 Å². The summed E-state index contributed by atoms with van der Waals surface area (Å²) in [4.78, 5) is 26.3. The number of carboxylic acids is 1. The van der Waals surface area contributed by atoms with E-state index in [0.717, 1.165) is 31.4 Å². The van der Waals surface area contributed by atoms with Crippen molar-refractivity contribution in [3.8, 4) is 11.5 Å². The SMILES string of the molecule is Cc1ccc(-c2cc(C(=O)N3C(C(=O)O)CC4CCCCC43)n[nH]2)o1. The maximum atomic E-state index is 13.0. The van der Waals surface area contributed by atoms with E-state index in [2.05, 4.69) is 10.2 Å². The number of aliphatic carboxylic acids is 1. The molecule has 2 N–H and O–H groups in total. The summed E-state index contributed by atoms with van der Waals surface area (Å²) in [6.45, 7) is 1.84. The molecule has 0 aromatic carbocycles. The average molecular weight is 343 g/mol. The van der Waals surface area contributed by atoms with Crippen LogP contribution in [0.1, 0.15) is 48.4 Å². The second kappa shape index (κ2) is 6.06. The highest BCUT2D eigenvalue weighted by Crippen LogP contribution is 2.40. The van der Waals surface area contributed by atoms with Gasteiger partial charge >= 0.3 is 5.97 Å². The number of aryl methyl sites for hydroxylation is 1. The summed E-state index contributed by atoms with van der Waals surface area (Å²) < 4.78 is 5.54. The molecule has 2 fully saturated rings. The zero-order valence-corrected chi connectivity index (χ0v) is 14.1. The molecule has 2 aromatic rings. The van der Waals surface area contributed by atoms with E-state index in [4.69, 9.17) is 4.42 Å². The van der Waals surface area contributed by atoms with E-state index in [1.165, 1.54) is 0 Å². The van der Waals surface area contributed by atoms with Crippen LogP contribution in [0.4, 0.5) is 0 Å². The maximum absolute atomic E-state index is 13.0. The molecule has 132 valence electrons. The van der Waals surface area contributed by atoms with Gasteiger partial charge in [-0.05, 0) is 44.2 Å². The Morgan fingerprint density at radius 1 is 1.32 bits per heavy atom. The Balaban J connectivity index is 1.62. The molecule has 3 unspecified atom stereocenters. The second-order valence-electron chi connectivity index (χ2n) is 6.99. The fraction of sp³-hybridized carbons (Fsp3) is 0.500. The minimum absolute atomic E-state index is 0.00774. The molecule has 0 radical (unpaired) electrons. The first kappa shape index (κ1) is 15.9. The van der Waals surface area contributed by atoms with Crippen molar-refractivity contribution < 1.29 is 19.1 Å². The number of likely N-dealkylation sites (tertiary alicyclic amines) is 1. The summed E-state index contributed by atoms with van der Waals surface area (Å²) in [6, 6.07) is 4.53. The van der Waals surface area contributed by atoms with Gasteiger partial charge in [-0.3, -0.25) is 9.89 Å². The van der Waals surface area contributed by atoms with Crippen molar-refractivity contribution in [1.29, 1.82) is 0 Å². The van der Waals surface area contributed by atoms with Crippen molar-refractivity contribution in [3.05, 3.63) is 29.7 Å². The summed E-state index contributed by atoms with van der Waals surface area (Å²) in [5.74, 6) is 0.418. The van der Waals surface area contributed by atoms with Gasteiger partial charge in [0.15, 0.2) is 11.5 Å². The Bertz CT molecular complexity index is 809. The summed E-state index contributed by atoms with van der Waals surface area (Å²) >= 11 is 0. The van der Waals surface area contributed by atoms with Gasteiger partial charge in [-0.15, -0.1) is 0 Å². The van der Waals surface area contributed by atoms with Crippen molar-refractivity contribution in [2.24, 2.45) is 5.92 Å². The molecular formula is C18H21N3O4. The average Bonchev–Trinajstić information content (AvgIpc) is 3.31. The van der Waals surface area contributed by atoms with Crippen molar-refractivity contribution in [2.75, 3.05) is 0 Å². The molecule has 1 aliphatic heterocycles. The number of carboxylic acid groups (broad SMARTS) is 1. The molecule has 1 amide bonds. The number of carbonyl (C=O) groups excluding carboxylic acids is 1. The molecule has 2 aromatic heterocycles. The Morgan fingerprint density at radius 2 is 2.12 bits per heavy atom. The molecular weight excluding hydrogens is 322 g/mol. The number of H-pyrrole nitrogens is 1. The number of amides is 1. The number of aromatic nitrogens is 2. The van der Waals surface area contributed by atoms with E-state index in [1.807, 2.05) is 19.1 Å². The van der Waals surface area contributed by atoms with Crippen LogP contribution in [0.15, 0.2) is 22.6 Å². The van der Waals surface area contributed by atoms with Crippen molar-refractivity contribution in [2.45, 2.75) is 51.1 Å². The lowest BCUT2D eigenvalue weighted by Gasteiger charge is -2.32. The van der Waals surface area contributed by atoms with Crippen molar-refractivity contribution >= 4 is 11.9 Å². The number of rotatable bonds is 3. The number of nitrogens with one attached hydrogen (secondary N) is 1. The van der Waals surface area contributed by atoms with Crippen LogP contribution in [-0.2, 0) is 4.79 Å². The summed E-state index contributed by atoms with van der Waals surface area (Å²) in [6.07, 6.45) is 4.56. The van der Waals surface area contributed by atoms with Crippen LogP contribution >= 0.6 is 0 Å². The summed E-state index contributed by atoms with van der Waals surface area (Å²) in [5, 5.41) is 16.5. The number of aromatic amines is 1. The third-order valence-electron chi connectivity index (χ3n) is 5.41. The normalized spacial score (nSPS) is 25.8. The lowest BCUT2D eigenvalue weighted by atomic mass is 9.84. The van der Waals surface area contributed by atoms with Gasteiger partial charge < -0.3 is 14.4 Å². The Kier molecular flexibility index (Phi) is 3.86. The second-order valence-corrected chi connectivity index (χ2v) is 6.99. The predicted molar refractivity (Wildman–Crippen MR) is 89.0 cm³/mol. The van der Waals surface area contributed by atoms with Gasteiger partial charge in [0.1, 0.15) is 17.5 Å². The quantitative estimate of drug-likeness (QED) is 0.893. The summed E-state index contributed by atoms with van der Waals surface area (Å²) in [7, 11) is 0. The lowest BCUT2D eigenvalue weighted by Crippen LogP contribution is -2.46. The Labute approximate surface area is 145 Å². The number of nitrogens with zero attached hydrogens (tertiary/aromatic N) is 2. The first-order valence-electron chi connectivity index (χ1n) is 8.72. The van der Waals surface area contributed by atoms with Gasteiger partial charge in [0.2, 0.25) is 0 Å². The van der Waals surface area contributed by atoms with E-state index in [9.17, 15) is 14.7 Å². The van der Waals surface area contributed by atoms with E-state index in [1.54, 1.807) is 11.0 Å². The van der Waals surface area contributed by atoms with Crippen LogP contribution < -0.4 is 0 Å². The monoisotopic (exact) mass is 343 g/mol. The van der Waals surface area contributed by atoms with Gasteiger partial charge in [0.05, 0.1) is 0 Å². The molecule has 25 heavy (non-hydrogen) atoms. The minimum atomic E-state index is -0.930. The number of carbonyl (C=O) groups is 2. The highest BCUT2D eigenvalue weighted by molar-refractivity contribution is 5.96. The van der Waals surface area contributed by atoms with Crippen LogP contribution in [0.5, 0.6) is 0 Å². The molecule has 0 spiro atoms. The third kappa shape index (κ3) is 2.73. The van der Waals surface area contributed by atoms with Gasteiger partial charge in [0.25, 0.3) is 5.91 Å². The lowest BCUT2D eigenvalue weighted by molar-refractivity contribution is -0.141. The molecule has 3 atom stereocenters. The molecule has 7 nitrogen and oxygen atoms in total. The molecule has 3 heterocycles. The smallest absolute Gasteiger partial charge is 0.326 e. The zero-order valence-electron chi connectivity index (χ0n) is 14.1. The predicted octanol–water partition coefficient (Wildman–Crippen LogP) is 2.84. The van der Waals surface area contributed by atoms with Gasteiger partial charge in [0, 0.05) is 12.1 Å². The van der Waals surface area contributed by atoms with Crippen LogP contribution in [0.2, 0.25) is 0 Å². The minimum Gasteiger partial charge on any atom is -0.480 e. The third-order valence-corrected chi connectivity index (χ3v) is 5.41. The van der Waals surface area contributed by atoms with Gasteiger partial charge in [-0.1, -0.05) is 12.8 Å². The van der Waals surface area contributed by atoms with E-state index in [0.29, 0.717) is 17.9 Å². The first-order valence-corrected chi connectivity index (χ1v) is 8.72. The van der Waals surface area contributed by atoms with Gasteiger partial charge in [-0.25, -0.2) is 4.79 Å². The topological polar surface area (TPSA) is 99.4 Å². The molecule has 7 heteroatoms. The standard InChI is InChI=1S/C18H21N3O4/c1-10-6-7-16(25-10)12-9-13(20-19-12)17(22)21-14-5-3-2-4-11(14)8-15(21)18(23)24/h6-7,9,11,14-15H,2-5,8H2,1H3,(H,19,20)(H,23,24). The highest BCUT2D eigenvalue weighted by atomic mass is 16.4. The maximum Gasteiger partial charge on any atom is 0.326 e. The van der Waals surface area contributed by atoms with Crippen molar-refractivity contribution in [3.63, 3.8) is 0 Å². The number of fused-ring (bicyclic) bond motifs is 1. The fourth-order valence-electron chi connectivity index (χ4n) is 4.24. The number of hydrogen-bond donors (Lipinski definition) is 2. The first-order chi connectivity index (χ1) is 12.0. The van der Waals surface area contributed by atoms with Gasteiger partial charge in [-0.2, -0.15) is 5.10 Å². The van der Waals surface area contributed by atoms with Crippen molar-refractivity contribution in [1.82, 2.24) is 15.1 Å². The Morgan fingerprint density at radius 3 is 2.84 bits per heavy atom. The zero-order chi connectivity index (χ0) is 17.6. The van der Waals surface area contributed by atoms with E-state index >= 15 is 0 Å². The van der Waals surface area contributed by atoms with Crippen LogP contribution in [0.3, 0.4) is 0 Å². The molecule has 4 rings (SSSR count). The summed E-state index contributed by atoms with van der Waals surface area (Å²) in [5.41, 5.74) is 0.851. The molecule has 0 bridgehead atoms. The van der Waals surface area contributed by atoms with E-state index < -0.39 is 12.0 Å². The largest absolute Gasteiger partial charge is 0.480 e. The molecule has 1 aliphatic carbocycles. The number of furan rings is 1. The highest BCUT2D eigenvalue weighted by Gasteiger charge is 2.48. The fourth-order valence-corrected chi connectivity index (χ4v) is 4.24. The van der Waals surface area contributed by atoms with Crippen LogP contribution in [0.25, 0.3) is 11.5 Å². The molecule has 1 saturated carbocycles. The molecule has 1 saturated heterocycles. The van der Waals surface area contributed by atoms with E-state index in [-0.39, 0.29) is 23.6 Å². The Hall–Kier alpha value is -2.57.